The van der Waals surface area contributed by atoms with Gasteiger partial charge < -0.3 is 15.4 Å². The first-order valence-corrected chi connectivity index (χ1v) is 6.05. The average Bonchev–Trinajstić information content (AvgIpc) is 2.76. The highest BCUT2D eigenvalue weighted by Crippen LogP contribution is 2.19. The predicted molar refractivity (Wildman–Crippen MR) is 65.5 cm³/mol. The van der Waals surface area contributed by atoms with E-state index in [2.05, 4.69) is 26.6 Å². The van der Waals surface area contributed by atoms with Crippen LogP contribution in [0, 0.1) is 5.82 Å². The lowest BCUT2D eigenvalue weighted by atomic mass is 10.3. The second-order valence-electron chi connectivity index (χ2n) is 3.79. The maximum atomic E-state index is 13.0. The molecule has 6 heteroatoms. The number of carbonyl (C=O) groups is 1. The van der Waals surface area contributed by atoms with E-state index in [1.54, 1.807) is 0 Å². The van der Waals surface area contributed by atoms with Crippen LogP contribution >= 0.6 is 15.9 Å². The first-order valence-electron chi connectivity index (χ1n) is 5.25. The number of carbonyl (C=O) groups excluding carboxylic acids is 1. The summed E-state index contributed by atoms with van der Waals surface area (Å²) in [5.41, 5.74) is 0.537. The van der Waals surface area contributed by atoms with Gasteiger partial charge in [0.2, 0.25) is 0 Å². The normalized spacial score (nSPS) is 19.1. The lowest BCUT2D eigenvalue weighted by molar-refractivity contribution is 0.189. The summed E-state index contributed by atoms with van der Waals surface area (Å²) in [5.74, 6) is -0.361. The topological polar surface area (TPSA) is 50.4 Å². The molecule has 4 nitrogen and oxygen atoms in total. The van der Waals surface area contributed by atoms with E-state index in [-0.39, 0.29) is 17.9 Å². The van der Waals surface area contributed by atoms with Crippen LogP contribution in [0.25, 0.3) is 0 Å². The molecular weight excluding hydrogens is 291 g/mol. The Bertz CT molecular complexity index is 422. The van der Waals surface area contributed by atoms with Gasteiger partial charge in [-0.2, -0.15) is 0 Å². The van der Waals surface area contributed by atoms with Crippen LogP contribution in [0.5, 0.6) is 0 Å². The summed E-state index contributed by atoms with van der Waals surface area (Å²) < 4.78 is 18.4. The van der Waals surface area contributed by atoms with Crippen LogP contribution in [0.2, 0.25) is 0 Å². The van der Waals surface area contributed by atoms with Gasteiger partial charge in [0, 0.05) is 12.3 Å². The third-order valence-corrected chi connectivity index (χ3v) is 3.05. The summed E-state index contributed by atoms with van der Waals surface area (Å²) in [6.07, 6.45) is 0.820. The third kappa shape index (κ3) is 3.41. The molecule has 0 spiro atoms. The SMILES string of the molecule is O=C(Nc1ccc(F)c(Br)c1)NC1CCOC1. The van der Waals surface area contributed by atoms with E-state index in [0.29, 0.717) is 23.4 Å². The van der Waals surface area contributed by atoms with Crippen molar-refractivity contribution in [2.75, 3.05) is 18.5 Å². The van der Waals surface area contributed by atoms with Crippen LogP contribution in [0.4, 0.5) is 14.9 Å². The molecule has 1 aliphatic rings. The summed E-state index contributed by atoms with van der Waals surface area (Å²) in [5, 5.41) is 5.41. The Morgan fingerprint density at radius 2 is 2.35 bits per heavy atom. The highest BCUT2D eigenvalue weighted by atomic mass is 79.9. The van der Waals surface area contributed by atoms with Crippen molar-refractivity contribution in [3.8, 4) is 0 Å². The maximum Gasteiger partial charge on any atom is 0.319 e. The molecule has 0 bridgehead atoms. The maximum absolute atomic E-state index is 13.0. The quantitative estimate of drug-likeness (QED) is 0.882. The Morgan fingerprint density at radius 3 is 3.00 bits per heavy atom. The molecule has 2 N–H and O–H groups in total. The molecule has 0 radical (unpaired) electrons. The molecule has 1 fully saturated rings. The zero-order valence-electron chi connectivity index (χ0n) is 9.00. The molecule has 0 aliphatic carbocycles. The van der Waals surface area contributed by atoms with Crippen molar-refractivity contribution in [3.63, 3.8) is 0 Å². The Morgan fingerprint density at radius 1 is 1.53 bits per heavy atom. The van der Waals surface area contributed by atoms with Crippen LogP contribution in [0.3, 0.4) is 0 Å². The fourth-order valence-corrected chi connectivity index (χ4v) is 1.95. The number of ether oxygens (including phenoxy) is 1. The molecule has 1 aromatic carbocycles. The van der Waals surface area contributed by atoms with Crippen molar-refractivity contribution in [1.82, 2.24) is 5.32 Å². The van der Waals surface area contributed by atoms with E-state index in [1.807, 2.05) is 0 Å². The minimum absolute atomic E-state index is 0.0545. The Hall–Kier alpha value is -1.14. The van der Waals surface area contributed by atoms with Gasteiger partial charge in [0.1, 0.15) is 5.82 Å². The molecule has 1 unspecified atom stereocenters. The zero-order chi connectivity index (χ0) is 12.3. The summed E-state index contributed by atoms with van der Waals surface area (Å²) in [6.45, 7) is 1.22. The minimum atomic E-state index is -0.361. The summed E-state index contributed by atoms with van der Waals surface area (Å²) in [7, 11) is 0. The van der Waals surface area contributed by atoms with E-state index in [1.165, 1.54) is 18.2 Å². The van der Waals surface area contributed by atoms with Crippen LogP contribution < -0.4 is 10.6 Å². The summed E-state index contributed by atoms with van der Waals surface area (Å²) in [6, 6.07) is 4.06. The van der Waals surface area contributed by atoms with Gasteiger partial charge in [-0.25, -0.2) is 9.18 Å². The van der Waals surface area contributed by atoms with Crippen molar-refractivity contribution >= 4 is 27.6 Å². The van der Waals surface area contributed by atoms with E-state index in [0.717, 1.165) is 6.42 Å². The van der Waals surface area contributed by atoms with Crippen molar-refractivity contribution in [2.45, 2.75) is 12.5 Å². The number of nitrogens with one attached hydrogen (secondary N) is 2. The van der Waals surface area contributed by atoms with Gasteiger partial charge in [0.15, 0.2) is 0 Å². The zero-order valence-corrected chi connectivity index (χ0v) is 10.6. The van der Waals surface area contributed by atoms with Gasteiger partial charge in [-0.1, -0.05) is 0 Å². The number of halogens is 2. The largest absolute Gasteiger partial charge is 0.379 e. The van der Waals surface area contributed by atoms with Crippen LogP contribution in [-0.4, -0.2) is 25.3 Å². The number of hydrogen-bond donors (Lipinski definition) is 2. The molecule has 0 aromatic heterocycles. The summed E-state index contributed by atoms with van der Waals surface area (Å²) >= 11 is 3.06. The van der Waals surface area contributed by atoms with Crippen molar-refractivity contribution in [1.29, 1.82) is 0 Å². The molecule has 1 atom stereocenters. The third-order valence-electron chi connectivity index (χ3n) is 2.44. The Labute approximate surface area is 107 Å². The second-order valence-corrected chi connectivity index (χ2v) is 4.64. The molecule has 92 valence electrons. The Kier molecular flexibility index (Phi) is 3.96. The number of benzene rings is 1. The molecule has 1 aromatic rings. The molecule has 0 saturated carbocycles. The predicted octanol–water partition coefficient (Wildman–Crippen LogP) is 2.50. The number of amides is 2. The molecule has 17 heavy (non-hydrogen) atoms. The van der Waals surface area contributed by atoms with Gasteiger partial charge in [0.25, 0.3) is 0 Å². The standard InChI is InChI=1S/C11H12BrFN2O2/c12-9-5-7(1-2-10(9)13)14-11(16)15-8-3-4-17-6-8/h1-2,5,8H,3-4,6H2,(H2,14,15,16). The van der Waals surface area contributed by atoms with E-state index in [9.17, 15) is 9.18 Å². The monoisotopic (exact) mass is 302 g/mol. The lowest BCUT2D eigenvalue weighted by Crippen LogP contribution is -2.38. The number of urea groups is 1. The van der Waals surface area contributed by atoms with Crippen LogP contribution in [0.15, 0.2) is 22.7 Å². The van der Waals surface area contributed by atoms with E-state index in [4.69, 9.17) is 4.74 Å². The molecule has 2 amide bonds. The smallest absolute Gasteiger partial charge is 0.319 e. The fourth-order valence-electron chi connectivity index (χ4n) is 1.57. The van der Waals surface area contributed by atoms with Crippen molar-refractivity contribution in [2.24, 2.45) is 0 Å². The number of hydrogen-bond acceptors (Lipinski definition) is 2. The first kappa shape index (κ1) is 12.3. The van der Waals surface area contributed by atoms with Gasteiger partial charge >= 0.3 is 6.03 Å². The van der Waals surface area contributed by atoms with Gasteiger partial charge in [-0.05, 0) is 40.5 Å². The van der Waals surface area contributed by atoms with Crippen molar-refractivity contribution < 1.29 is 13.9 Å². The highest BCUT2D eigenvalue weighted by Gasteiger charge is 2.17. The van der Waals surface area contributed by atoms with Gasteiger partial charge in [-0.3, -0.25) is 0 Å². The molecule has 1 saturated heterocycles. The highest BCUT2D eigenvalue weighted by molar-refractivity contribution is 9.10. The minimum Gasteiger partial charge on any atom is -0.379 e. The number of rotatable bonds is 2. The first-order chi connectivity index (χ1) is 8.15. The second kappa shape index (κ2) is 5.46. The van der Waals surface area contributed by atoms with Gasteiger partial charge in [0.05, 0.1) is 17.1 Å². The fraction of sp³-hybridized carbons (Fsp3) is 0.364. The molecule has 1 aliphatic heterocycles. The van der Waals surface area contributed by atoms with Gasteiger partial charge in [-0.15, -0.1) is 0 Å². The molecular formula is C11H12BrFN2O2. The Balaban J connectivity index is 1.90. The average molecular weight is 303 g/mol. The van der Waals surface area contributed by atoms with Crippen LogP contribution in [-0.2, 0) is 4.74 Å². The molecule has 2 rings (SSSR count). The van der Waals surface area contributed by atoms with E-state index >= 15 is 0 Å². The molecule has 1 heterocycles. The summed E-state index contributed by atoms with van der Waals surface area (Å²) in [4.78, 5) is 11.6. The number of anilines is 1. The van der Waals surface area contributed by atoms with Crippen molar-refractivity contribution in [3.05, 3.63) is 28.5 Å². The van der Waals surface area contributed by atoms with E-state index < -0.39 is 0 Å². The lowest BCUT2D eigenvalue weighted by Gasteiger charge is -2.12. The van der Waals surface area contributed by atoms with Crippen LogP contribution in [0.1, 0.15) is 6.42 Å².